The van der Waals surface area contributed by atoms with Crippen LogP contribution in [-0.2, 0) is 0 Å². The summed E-state index contributed by atoms with van der Waals surface area (Å²) >= 11 is 5.56. The molecule has 0 bridgehead atoms. The number of carbonyl (C=O) groups excluding carboxylic acids is 2. The zero-order chi connectivity index (χ0) is 19.9. The third-order valence-electron chi connectivity index (χ3n) is 3.81. The van der Waals surface area contributed by atoms with E-state index in [1.165, 1.54) is 0 Å². The van der Waals surface area contributed by atoms with Crippen LogP contribution in [0.15, 0.2) is 82.4 Å². The van der Waals surface area contributed by atoms with Gasteiger partial charge in [0.05, 0.1) is 23.0 Å². The zero-order valence-corrected chi connectivity index (χ0v) is 18.3. The van der Waals surface area contributed by atoms with Crippen molar-refractivity contribution in [3.63, 3.8) is 0 Å². The molecule has 0 aliphatic heterocycles. The Labute approximate surface area is 184 Å². The number of anilines is 1. The molecule has 0 saturated heterocycles. The highest BCUT2D eigenvalue weighted by atomic mass is 127. The third-order valence-corrected chi connectivity index (χ3v) is 5.49. The molecule has 3 aromatic rings. The van der Waals surface area contributed by atoms with Gasteiger partial charge in [-0.25, -0.2) is 5.43 Å². The lowest BCUT2D eigenvalue weighted by atomic mass is 10.1. The van der Waals surface area contributed by atoms with Crippen molar-refractivity contribution >= 4 is 62.2 Å². The van der Waals surface area contributed by atoms with E-state index in [0.29, 0.717) is 21.3 Å². The summed E-state index contributed by atoms with van der Waals surface area (Å²) in [5, 5.41) is 6.80. The number of nitrogens with zero attached hydrogens (tertiary/aromatic N) is 1. The maximum absolute atomic E-state index is 12.5. The Morgan fingerprint density at radius 2 is 1.50 bits per heavy atom. The Morgan fingerprint density at radius 3 is 2.25 bits per heavy atom. The molecular weight excluding hydrogens is 533 g/mol. The Hall–Kier alpha value is -2.52. The van der Waals surface area contributed by atoms with Crippen LogP contribution in [0.3, 0.4) is 0 Å². The number of rotatable bonds is 5. The van der Waals surface area contributed by atoms with E-state index >= 15 is 0 Å². The fourth-order valence-corrected chi connectivity index (χ4v) is 3.42. The summed E-state index contributed by atoms with van der Waals surface area (Å²) in [6.07, 6.45) is 1.59. The van der Waals surface area contributed by atoms with Gasteiger partial charge in [-0.3, -0.25) is 9.59 Å². The van der Waals surface area contributed by atoms with E-state index in [0.717, 1.165) is 9.13 Å². The molecule has 0 aliphatic rings. The molecule has 0 unspecified atom stereocenters. The molecule has 3 aromatic carbocycles. The largest absolute Gasteiger partial charge is 0.321 e. The molecule has 0 atom stereocenters. The van der Waals surface area contributed by atoms with E-state index in [2.05, 4.69) is 54.4 Å². The second-order valence-electron chi connectivity index (χ2n) is 5.70. The van der Waals surface area contributed by atoms with Crippen molar-refractivity contribution in [2.45, 2.75) is 0 Å². The van der Waals surface area contributed by atoms with Gasteiger partial charge in [0.25, 0.3) is 11.8 Å². The van der Waals surface area contributed by atoms with Crippen molar-refractivity contribution in [3.8, 4) is 0 Å². The maximum atomic E-state index is 12.5. The molecule has 3 rings (SSSR count). The topological polar surface area (TPSA) is 70.6 Å². The molecule has 0 spiro atoms. The fourth-order valence-electron chi connectivity index (χ4n) is 2.43. The number of para-hydroxylation sites is 1. The fraction of sp³-hybridized carbons (Fsp3) is 0. The molecule has 0 radical (unpaired) electrons. The van der Waals surface area contributed by atoms with Crippen LogP contribution in [0.5, 0.6) is 0 Å². The average molecular weight is 548 g/mol. The molecule has 2 amide bonds. The van der Waals surface area contributed by atoms with Gasteiger partial charge in [-0.1, -0.05) is 42.5 Å². The molecule has 7 heteroatoms. The Kier molecular flexibility index (Phi) is 6.94. The minimum atomic E-state index is -0.412. The van der Waals surface area contributed by atoms with Gasteiger partial charge in [0.2, 0.25) is 0 Å². The van der Waals surface area contributed by atoms with Gasteiger partial charge < -0.3 is 5.32 Å². The lowest BCUT2D eigenvalue weighted by Gasteiger charge is -2.10. The molecule has 140 valence electrons. The Balaban J connectivity index is 1.74. The highest BCUT2D eigenvalue weighted by Crippen LogP contribution is 2.20. The van der Waals surface area contributed by atoms with E-state index in [1.54, 1.807) is 48.7 Å². The first-order chi connectivity index (χ1) is 13.6. The smallest absolute Gasteiger partial charge is 0.273 e. The SMILES string of the molecule is O=C(Nc1ccccc1C(=O)N/N=C\c1ccccc1I)c1ccccc1Br. The number of amides is 2. The third kappa shape index (κ3) is 5.05. The van der Waals surface area contributed by atoms with E-state index in [9.17, 15) is 9.59 Å². The molecular formula is C21H15BrIN3O2. The minimum absolute atomic E-state index is 0.310. The van der Waals surface area contributed by atoms with Gasteiger partial charge in [0.1, 0.15) is 0 Å². The highest BCUT2D eigenvalue weighted by Gasteiger charge is 2.15. The molecule has 0 aromatic heterocycles. The summed E-state index contributed by atoms with van der Waals surface area (Å²) in [5.74, 6) is -0.722. The molecule has 0 fully saturated rings. The predicted octanol–water partition coefficient (Wildman–Crippen LogP) is 5.07. The molecule has 5 nitrogen and oxygen atoms in total. The van der Waals surface area contributed by atoms with Gasteiger partial charge in [-0.15, -0.1) is 0 Å². The van der Waals surface area contributed by atoms with Gasteiger partial charge in [-0.2, -0.15) is 5.10 Å². The monoisotopic (exact) mass is 547 g/mol. The second kappa shape index (κ2) is 9.61. The minimum Gasteiger partial charge on any atom is -0.321 e. The Bertz CT molecular complexity index is 1050. The highest BCUT2D eigenvalue weighted by molar-refractivity contribution is 14.1. The summed E-state index contributed by atoms with van der Waals surface area (Å²) in [6, 6.07) is 21.6. The number of carbonyl (C=O) groups is 2. The van der Waals surface area contributed by atoms with Crippen molar-refractivity contribution < 1.29 is 9.59 Å². The van der Waals surface area contributed by atoms with E-state index in [4.69, 9.17) is 0 Å². The van der Waals surface area contributed by atoms with Crippen LogP contribution in [0, 0.1) is 3.57 Å². The van der Waals surface area contributed by atoms with Crippen molar-refractivity contribution in [1.29, 1.82) is 0 Å². The number of benzene rings is 3. The number of halogens is 2. The van der Waals surface area contributed by atoms with Crippen molar-refractivity contribution in [1.82, 2.24) is 5.43 Å². The summed E-state index contributed by atoms with van der Waals surface area (Å²) in [5.41, 5.74) is 4.62. The van der Waals surface area contributed by atoms with Crippen LogP contribution >= 0.6 is 38.5 Å². The Morgan fingerprint density at radius 1 is 0.857 bits per heavy atom. The van der Waals surface area contributed by atoms with E-state index < -0.39 is 5.91 Å². The molecule has 2 N–H and O–H groups in total. The van der Waals surface area contributed by atoms with Crippen LogP contribution in [0.4, 0.5) is 5.69 Å². The normalized spacial score (nSPS) is 10.6. The lowest BCUT2D eigenvalue weighted by Crippen LogP contribution is -2.21. The van der Waals surface area contributed by atoms with Crippen LogP contribution in [0.2, 0.25) is 0 Å². The van der Waals surface area contributed by atoms with Gasteiger partial charge >= 0.3 is 0 Å². The summed E-state index contributed by atoms with van der Waals surface area (Å²) in [6.45, 7) is 0. The number of hydrogen-bond donors (Lipinski definition) is 2. The first-order valence-electron chi connectivity index (χ1n) is 8.29. The van der Waals surface area contributed by atoms with Gasteiger partial charge in [0, 0.05) is 13.6 Å². The number of hydrogen-bond acceptors (Lipinski definition) is 3. The number of hydrazone groups is 1. The second-order valence-corrected chi connectivity index (χ2v) is 7.72. The van der Waals surface area contributed by atoms with Gasteiger partial charge in [0.15, 0.2) is 0 Å². The van der Waals surface area contributed by atoms with Gasteiger partial charge in [-0.05, 0) is 68.9 Å². The standard InChI is InChI=1S/C21H15BrIN3O2/c22-17-10-4-2-8-15(17)20(27)25-19-12-6-3-9-16(19)21(28)26-24-13-14-7-1-5-11-18(14)23/h1-13H,(H,25,27)(H,26,28)/b24-13-. The van der Waals surface area contributed by atoms with Crippen molar-refractivity contribution in [2.75, 3.05) is 5.32 Å². The van der Waals surface area contributed by atoms with Crippen LogP contribution in [0.25, 0.3) is 0 Å². The summed E-state index contributed by atoms with van der Waals surface area (Å²) < 4.78 is 1.70. The van der Waals surface area contributed by atoms with Crippen LogP contribution in [-0.4, -0.2) is 18.0 Å². The quantitative estimate of drug-likeness (QED) is 0.266. The molecule has 0 heterocycles. The molecule has 0 aliphatic carbocycles. The average Bonchev–Trinajstić information content (AvgIpc) is 2.70. The van der Waals surface area contributed by atoms with Crippen LogP contribution < -0.4 is 10.7 Å². The van der Waals surface area contributed by atoms with E-state index in [-0.39, 0.29) is 5.91 Å². The van der Waals surface area contributed by atoms with Crippen molar-refractivity contribution in [3.05, 3.63) is 97.5 Å². The first-order valence-corrected chi connectivity index (χ1v) is 10.2. The summed E-state index contributed by atoms with van der Waals surface area (Å²) in [7, 11) is 0. The molecule has 28 heavy (non-hydrogen) atoms. The van der Waals surface area contributed by atoms with Crippen molar-refractivity contribution in [2.24, 2.45) is 5.10 Å². The van der Waals surface area contributed by atoms with Crippen LogP contribution in [0.1, 0.15) is 26.3 Å². The first kappa shape index (κ1) is 20.2. The predicted molar refractivity (Wildman–Crippen MR) is 123 cm³/mol. The lowest BCUT2D eigenvalue weighted by molar-refractivity contribution is 0.0956. The number of nitrogens with one attached hydrogen (secondary N) is 2. The zero-order valence-electron chi connectivity index (χ0n) is 14.5. The molecule has 0 saturated carbocycles. The van der Waals surface area contributed by atoms with E-state index in [1.807, 2.05) is 30.3 Å². The maximum Gasteiger partial charge on any atom is 0.273 e. The summed E-state index contributed by atoms with van der Waals surface area (Å²) in [4.78, 5) is 25.1.